The van der Waals surface area contributed by atoms with Gasteiger partial charge in [-0.3, -0.25) is 0 Å². The number of carbonyl (C=O) groups excluding carboxylic acids is 2. The zero-order valence-corrected chi connectivity index (χ0v) is 15.8. The molecule has 0 aliphatic heterocycles. The minimum absolute atomic E-state index is 0.426. The molecule has 4 nitrogen and oxygen atoms in total. The maximum Gasteiger partial charge on any atom is 0.338 e. The first-order valence-corrected chi connectivity index (χ1v) is 8.86. The topological polar surface area (TPSA) is 52.6 Å². The number of ether oxygens (including phenoxy) is 2. The lowest BCUT2D eigenvalue weighted by atomic mass is 9.83. The fourth-order valence-corrected chi connectivity index (χ4v) is 2.76. The molecule has 0 aliphatic rings. The van der Waals surface area contributed by atoms with E-state index in [0.717, 1.165) is 6.42 Å². The highest BCUT2D eigenvalue weighted by molar-refractivity contribution is 5.90. The van der Waals surface area contributed by atoms with E-state index < -0.39 is 23.1 Å². The molecule has 0 spiro atoms. The van der Waals surface area contributed by atoms with E-state index in [1.807, 2.05) is 26.0 Å². The molecule has 0 saturated heterocycles. The van der Waals surface area contributed by atoms with Crippen molar-refractivity contribution in [2.75, 3.05) is 0 Å². The van der Waals surface area contributed by atoms with E-state index in [1.54, 1.807) is 62.4 Å². The van der Waals surface area contributed by atoms with Crippen molar-refractivity contribution in [2.24, 2.45) is 0 Å². The Morgan fingerprint density at radius 3 is 1.62 bits per heavy atom. The largest absolute Gasteiger partial charge is 0.452 e. The second-order valence-corrected chi connectivity index (χ2v) is 7.00. The van der Waals surface area contributed by atoms with Crippen molar-refractivity contribution in [1.29, 1.82) is 0 Å². The van der Waals surface area contributed by atoms with Gasteiger partial charge in [-0.15, -0.1) is 0 Å². The first kappa shape index (κ1) is 19.7. The molecule has 0 N–H and O–H groups in total. The van der Waals surface area contributed by atoms with Crippen LogP contribution in [-0.4, -0.2) is 23.1 Å². The van der Waals surface area contributed by atoms with Gasteiger partial charge in [0.2, 0.25) is 0 Å². The van der Waals surface area contributed by atoms with Crippen LogP contribution in [-0.2, 0) is 9.47 Å². The van der Waals surface area contributed by atoms with E-state index in [0.29, 0.717) is 17.5 Å². The van der Waals surface area contributed by atoms with Gasteiger partial charge in [-0.25, -0.2) is 9.59 Å². The van der Waals surface area contributed by atoms with Crippen LogP contribution in [0.5, 0.6) is 0 Å². The molecule has 0 amide bonds. The molecular weight excluding hydrogens is 328 g/mol. The van der Waals surface area contributed by atoms with Gasteiger partial charge in [0.05, 0.1) is 11.1 Å². The summed E-state index contributed by atoms with van der Waals surface area (Å²) in [5, 5.41) is 0. The van der Waals surface area contributed by atoms with Gasteiger partial charge in [0, 0.05) is 0 Å². The van der Waals surface area contributed by atoms with Crippen molar-refractivity contribution in [3.8, 4) is 0 Å². The van der Waals surface area contributed by atoms with E-state index in [2.05, 4.69) is 0 Å². The predicted molar refractivity (Wildman–Crippen MR) is 101 cm³/mol. The van der Waals surface area contributed by atoms with Crippen LogP contribution >= 0.6 is 0 Å². The molecule has 4 heteroatoms. The minimum atomic E-state index is -1.000. The first-order valence-electron chi connectivity index (χ1n) is 8.86. The van der Waals surface area contributed by atoms with Crippen molar-refractivity contribution >= 4 is 11.9 Å². The van der Waals surface area contributed by atoms with Crippen LogP contribution in [0, 0.1) is 0 Å². The Morgan fingerprint density at radius 2 is 1.19 bits per heavy atom. The predicted octanol–water partition coefficient (Wildman–Crippen LogP) is 5.04. The lowest BCUT2D eigenvalue weighted by molar-refractivity contribution is -0.137. The summed E-state index contributed by atoms with van der Waals surface area (Å²) in [5.41, 5.74) is -1.02. The molecule has 0 fully saturated rings. The third kappa shape index (κ3) is 4.51. The summed E-state index contributed by atoms with van der Waals surface area (Å²) < 4.78 is 11.6. The Kier molecular flexibility index (Phi) is 6.19. The van der Waals surface area contributed by atoms with Gasteiger partial charge >= 0.3 is 11.9 Å². The molecule has 0 heterocycles. The van der Waals surface area contributed by atoms with Gasteiger partial charge in [0.1, 0.15) is 11.2 Å². The Balaban J connectivity index is 2.22. The number of hydrogen-bond acceptors (Lipinski definition) is 4. The normalized spacial score (nSPS) is 13.5. The zero-order valence-electron chi connectivity index (χ0n) is 15.8. The standard InChI is InChI=1S/C22H26O4/c1-5-16-22(4,26-20(24)18-14-10-7-11-15-18)21(2,3)25-19(23)17-12-8-6-9-13-17/h6-15H,5,16H2,1-4H3. The molecule has 0 saturated carbocycles. The number of rotatable bonds is 7. The van der Waals surface area contributed by atoms with Gasteiger partial charge in [0.15, 0.2) is 0 Å². The maximum atomic E-state index is 12.6. The van der Waals surface area contributed by atoms with Crippen molar-refractivity contribution < 1.29 is 19.1 Å². The lowest BCUT2D eigenvalue weighted by Gasteiger charge is -2.42. The highest BCUT2D eigenvalue weighted by Crippen LogP contribution is 2.35. The number of hydrogen-bond donors (Lipinski definition) is 0. The highest BCUT2D eigenvalue weighted by Gasteiger charge is 2.47. The Hall–Kier alpha value is -2.62. The quantitative estimate of drug-likeness (QED) is 0.654. The number of carbonyl (C=O) groups is 2. The zero-order chi connectivity index (χ0) is 19.2. The summed E-state index contributed by atoms with van der Waals surface area (Å²) in [6.07, 6.45) is 1.35. The average molecular weight is 354 g/mol. The molecule has 0 aliphatic carbocycles. The van der Waals surface area contributed by atoms with Crippen molar-refractivity contribution in [1.82, 2.24) is 0 Å². The molecule has 138 valence electrons. The van der Waals surface area contributed by atoms with Crippen LogP contribution in [0.2, 0.25) is 0 Å². The van der Waals surface area contributed by atoms with Gasteiger partial charge < -0.3 is 9.47 Å². The van der Waals surface area contributed by atoms with Gasteiger partial charge in [-0.1, -0.05) is 49.7 Å². The molecular formula is C22H26O4. The summed E-state index contributed by atoms with van der Waals surface area (Å²) in [4.78, 5) is 25.1. The maximum absolute atomic E-state index is 12.6. The van der Waals surface area contributed by atoms with Crippen molar-refractivity contribution in [3.05, 3.63) is 71.8 Å². The SMILES string of the molecule is CCCC(C)(OC(=O)c1ccccc1)C(C)(C)OC(=O)c1ccccc1. The Bertz CT molecular complexity index is 737. The third-order valence-corrected chi connectivity index (χ3v) is 4.69. The molecule has 1 unspecified atom stereocenters. The lowest BCUT2D eigenvalue weighted by Crippen LogP contribution is -2.53. The summed E-state index contributed by atoms with van der Waals surface area (Å²) in [6, 6.07) is 17.6. The van der Waals surface area contributed by atoms with Crippen molar-refractivity contribution in [2.45, 2.75) is 51.7 Å². The fraction of sp³-hybridized carbons (Fsp3) is 0.364. The molecule has 1 atom stereocenters. The summed E-state index contributed by atoms with van der Waals surface area (Å²) in [5.74, 6) is -0.862. The van der Waals surface area contributed by atoms with Crippen LogP contribution in [0.15, 0.2) is 60.7 Å². The van der Waals surface area contributed by atoms with Gasteiger partial charge in [0.25, 0.3) is 0 Å². The molecule has 2 rings (SSSR count). The second kappa shape index (κ2) is 8.17. The molecule has 2 aromatic carbocycles. The molecule has 0 aromatic heterocycles. The van der Waals surface area contributed by atoms with E-state index in [9.17, 15) is 9.59 Å². The van der Waals surface area contributed by atoms with Crippen LogP contribution in [0.3, 0.4) is 0 Å². The number of esters is 2. The molecule has 0 radical (unpaired) electrons. The van der Waals surface area contributed by atoms with Crippen molar-refractivity contribution in [3.63, 3.8) is 0 Å². The summed E-state index contributed by atoms with van der Waals surface area (Å²) in [6.45, 7) is 7.38. The van der Waals surface area contributed by atoms with Crippen LogP contribution in [0.25, 0.3) is 0 Å². The second-order valence-electron chi connectivity index (χ2n) is 7.00. The van der Waals surface area contributed by atoms with Crippen LogP contribution < -0.4 is 0 Å². The minimum Gasteiger partial charge on any atom is -0.452 e. The third-order valence-electron chi connectivity index (χ3n) is 4.69. The number of benzene rings is 2. The van der Waals surface area contributed by atoms with E-state index in [-0.39, 0.29) is 0 Å². The molecule has 2 aromatic rings. The monoisotopic (exact) mass is 354 g/mol. The van der Waals surface area contributed by atoms with Gasteiger partial charge in [-0.2, -0.15) is 0 Å². The fourth-order valence-electron chi connectivity index (χ4n) is 2.76. The smallest absolute Gasteiger partial charge is 0.338 e. The highest BCUT2D eigenvalue weighted by atomic mass is 16.6. The average Bonchev–Trinajstić information content (AvgIpc) is 2.63. The molecule has 0 bridgehead atoms. The summed E-state index contributed by atoms with van der Waals surface area (Å²) in [7, 11) is 0. The van der Waals surface area contributed by atoms with Crippen LogP contribution in [0.4, 0.5) is 0 Å². The van der Waals surface area contributed by atoms with Crippen LogP contribution in [0.1, 0.15) is 61.3 Å². The first-order chi connectivity index (χ1) is 12.3. The Labute approximate surface area is 155 Å². The molecule has 26 heavy (non-hydrogen) atoms. The van der Waals surface area contributed by atoms with E-state index in [4.69, 9.17) is 9.47 Å². The van der Waals surface area contributed by atoms with E-state index >= 15 is 0 Å². The van der Waals surface area contributed by atoms with E-state index in [1.165, 1.54) is 0 Å². The Morgan fingerprint density at radius 1 is 0.769 bits per heavy atom. The van der Waals surface area contributed by atoms with Gasteiger partial charge in [-0.05, 0) is 51.5 Å². The summed E-state index contributed by atoms with van der Waals surface area (Å²) >= 11 is 0.